The lowest BCUT2D eigenvalue weighted by molar-refractivity contribution is 0.266. The summed E-state index contributed by atoms with van der Waals surface area (Å²) in [7, 11) is 0. The number of nitrogens with zero attached hydrogens (tertiary/aromatic N) is 4. The standard InChI is InChI=1S/C15H21N5/c1-2-19(13-3-4-13)7-8-20-11-17-10-14(20)12-5-6-18-15(16)9-12/h5-6,9-11,13H,2-4,7-8H2,1H3,(H2,16,18). The van der Waals surface area contributed by atoms with Gasteiger partial charge in [-0.1, -0.05) is 6.92 Å². The smallest absolute Gasteiger partial charge is 0.123 e. The molecule has 106 valence electrons. The van der Waals surface area contributed by atoms with E-state index in [9.17, 15) is 0 Å². The van der Waals surface area contributed by atoms with E-state index >= 15 is 0 Å². The Morgan fingerprint density at radius 2 is 2.30 bits per heavy atom. The number of rotatable bonds is 6. The van der Waals surface area contributed by atoms with Crippen molar-refractivity contribution in [2.45, 2.75) is 32.4 Å². The molecular weight excluding hydrogens is 250 g/mol. The number of anilines is 1. The molecule has 1 aliphatic rings. The van der Waals surface area contributed by atoms with Crippen molar-refractivity contribution in [1.29, 1.82) is 0 Å². The molecule has 0 radical (unpaired) electrons. The van der Waals surface area contributed by atoms with Crippen molar-refractivity contribution in [1.82, 2.24) is 19.4 Å². The van der Waals surface area contributed by atoms with Crippen molar-refractivity contribution >= 4 is 5.82 Å². The highest BCUT2D eigenvalue weighted by molar-refractivity contribution is 5.61. The molecule has 0 spiro atoms. The van der Waals surface area contributed by atoms with Crippen molar-refractivity contribution in [3.05, 3.63) is 30.9 Å². The zero-order chi connectivity index (χ0) is 13.9. The molecule has 2 heterocycles. The number of hydrogen-bond donors (Lipinski definition) is 1. The molecular formula is C15H21N5. The zero-order valence-electron chi connectivity index (χ0n) is 11.9. The summed E-state index contributed by atoms with van der Waals surface area (Å²) >= 11 is 0. The maximum Gasteiger partial charge on any atom is 0.123 e. The second-order valence-electron chi connectivity index (χ2n) is 5.30. The highest BCUT2D eigenvalue weighted by Gasteiger charge is 2.27. The number of imidazole rings is 1. The van der Waals surface area contributed by atoms with Crippen LogP contribution in [0.4, 0.5) is 5.82 Å². The van der Waals surface area contributed by atoms with Gasteiger partial charge >= 0.3 is 0 Å². The van der Waals surface area contributed by atoms with Gasteiger partial charge in [0.2, 0.25) is 0 Å². The van der Waals surface area contributed by atoms with Crippen LogP contribution >= 0.6 is 0 Å². The number of hydrogen-bond acceptors (Lipinski definition) is 4. The van der Waals surface area contributed by atoms with Crippen LogP contribution in [-0.2, 0) is 6.54 Å². The van der Waals surface area contributed by atoms with Crippen molar-refractivity contribution in [3.63, 3.8) is 0 Å². The number of nitrogen functional groups attached to an aromatic ring is 1. The van der Waals surface area contributed by atoms with Crippen LogP contribution in [0.25, 0.3) is 11.3 Å². The Morgan fingerprint density at radius 1 is 1.45 bits per heavy atom. The van der Waals surface area contributed by atoms with Crippen LogP contribution < -0.4 is 5.73 Å². The average Bonchev–Trinajstić information content (AvgIpc) is 3.17. The molecule has 2 aromatic rings. The van der Waals surface area contributed by atoms with Gasteiger partial charge in [-0.3, -0.25) is 4.90 Å². The minimum Gasteiger partial charge on any atom is -0.384 e. The summed E-state index contributed by atoms with van der Waals surface area (Å²) in [6, 6.07) is 4.68. The molecule has 5 heteroatoms. The minimum atomic E-state index is 0.545. The van der Waals surface area contributed by atoms with Gasteiger partial charge in [0.1, 0.15) is 5.82 Å². The summed E-state index contributed by atoms with van der Waals surface area (Å²) in [5, 5.41) is 0. The lowest BCUT2D eigenvalue weighted by Crippen LogP contribution is -2.29. The van der Waals surface area contributed by atoms with Crippen molar-refractivity contribution in [2.75, 3.05) is 18.8 Å². The molecule has 1 saturated carbocycles. The number of likely N-dealkylation sites (N-methyl/N-ethyl adjacent to an activating group) is 1. The summed E-state index contributed by atoms with van der Waals surface area (Å²) in [5.41, 5.74) is 7.93. The van der Waals surface area contributed by atoms with Crippen LogP contribution in [0.1, 0.15) is 19.8 Å². The normalized spacial score (nSPS) is 14.9. The van der Waals surface area contributed by atoms with Crippen LogP contribution in [0.2, 0.25) is 0 Å². The van der Waals surface area contributed by atoms with Crippen LogP contribution in [0.5, 0.6) is 0 Å². The molecule has 2 N–H and O–H groups in total. The fraction of sp³-hybridized carbons (Fsp3) is 0.467. The first-order valence-electron chi connectivity index (χ1n) is 7.24. The Balaban J connectivity index is 1.73. The molecule has 5 nitrogen and oxygen atoms in total. The van der Waals surface area contributed by atoms with E-state index in [4.69, 9.17) is 5.73 Å². The maximum absolute atomic E-state index is 5.76. The molecule has 0 unspecified atom stereocenters. The largest absolute Gasteiger partial charge is 0.384 e. The van der Waals surface area contributed by atoms with E-state index in [1.54, 1.807) is 6.20 Å². The monoisotopic (exact) mass is 271 g/mol. The van der Waals surface area contributed by atoms with Crippen molar-refractivity contribution in [3.8, 4) is 11.3 Å². The number of nitrogens with two attached hydrogens (primary N) is 1. The molecule has 0 bridgehead atoms. The van der Waals surface area contributed by atoms with Gasteiger partial charge in [-0.15, -0.1) is 0 Å². The van der Waals surface area contributed by atoms with Gasteiger partial charge in [0.25, 0.3) is 0 Å². The van der Waals surface area contributed by atoms with Gasteiger partial charge in [0.05, 0.1) is 18.2 Å². The predicted molar refractivity (Wildman–Crippen MR) is 80.1 cm³/mol. The van der Waals surface area contributed by atoms with E-state index < -0.39 is 0 Å². The molecule has 0 aromatic carbocycles. The second kappa shape index (κ2) is 5.63. The highest BCUT2D eigenvalue weighted by Crippen LogP contribution is 2.26. The lowest BCUT2D eigenvalue weighted by atomic mass is 10.2. The highest BCUT2D eigenvalue weighted by atomic mass is 15.2. The predicted octanol–water partition coefficient (Wildman–Crippen LogP) is 2.01. The molecule has 20 heavy (non-hydrogen) atoms. The number of pyridine rings is 1. The zero-order valence-corrected chi connectivity index (χ0v) is 11.9. The quantitative estimate of drug-likeness (QED) is 0.873. The van der Waals surface area contributed by atoms with Gasteiger partial charge in [-0.05, 0) is 31.5 Å². The molecule has 1 aliphatic carbocycles. The molecule has 0 aliphatic heterocycles. The SMILES string of the molecule is CCN(CCn1cncc1-c1ccnc(N)c1)C1CC1. The van der Waals surface area contributed by atoms with Crippen molar-refractivity contribution in [2.24, 2.45) is 0 Å². The van der Waals surface area contributed by atoms with Crippen molar-refractivity contribution < 1.29 is 0 Å². The third-order valence-corrected chi connectivity index (χ3v) is 3.89. The van der Waals surface area contributed by atoms with Crippen LogP contribution in [-0.4, -0.2) is 38.6 Å². The number of aromatic nitrogens is 3. The van der Waals surface area contributed by atoms with E-state index in [0.29, 0.717) is 5.82 Å². The summed E-state index contributed by atoms with van der Waals surface area (Å²) in [6.07, 6.45) is 8.23. The maximum atomic E-state index is 5.76. The third kappa shape index (κ3) is 2.82. The Morgan fingerprint density at radius 3 is 3.00 bits per heavy atom. The molecule has 0 amide bonds. The second-order valence-corrected chi connectivity index (χ2v) is 5.30. The Labute approximate surface area is 119 Å². The molecule has 0 atom stereocenters. The fourth-order valence-electron chi connectivity index (χ4n) is 2.62. The van der Waals surface area contributed by atoms with Gasteiger partial charge < -0.3 is 10.3 Å². The van der Waals surface area contributed by atoms with Crippen LogP contribution in [0, 0.1) is 0 Å². The fourth-order valence-corrected chi connectivity index (χ4v) is 2.62. The van der Waals surface area contributed by atoms with E-state index in [0.717, 1.165) is 36.9 Å². The van der Waals surface area contributed by atoms with Gasteiger partial charge in [0.15, 0.2) is 0 Å². The first-order chi connectivity index (χ1) is 9.78. The van der Waals surface area contributed by atoms with Gasteiger partial charge in [-0.2, -0.15) is 0 Å². The summed E-state index contributed by atoms with van der Waals surface area (Å²) in [5.74, 6) is 0.545. The molecule has 0 saturated heterocycles. The Bertz CT molecular complexity index is 573. The first kappa shape index (κ1) is 13.1. The summed E-state index contributed by atoms with van der Waals surface area (Å²) in [6.45, 7) is 5.39. The van der Waals surface area contributed by atoms with Gasteiger partial charge in [0, 0.05) is 30.9 Å². The molecule has 2 aromatic heterocycles. The third-order valence-electron chi connectivity index (χ3n) is 3.89. The van der Waals surface area contributed by atoms with E-state index in [1.807, 2.05) is 24.7 Å². The lowest BCUT2D eigenvalue weighted by Gasteiger charge is -2.20. The van der Waals surface area contributed by atoms with E-state index in [-0.39, 0.29) is 0 Å². The Kier molecular flexibility index (Phi) is 3.69. The first-order valence-corrected chi connectivity index (χ1v) is 7.24. The minimum absolute atomic E-state index is 0.545. The van der Waals surface area contributed by atoms with E-state index in [1.165, 1.54) is 12.8 Å². The summed E-state index contributed by atoms with van der Waals surface area (Å²) < 4.78 is 2.19. The Hall–Kier alpha value is -1.88. The summed E-state index contributed by atoms with van der Waals surface area (Å²) in [4.78, 5) is 10.9. The topological polar surface area (TPSA) is 60.0 Å². The molecule has 1 fully saturated rings. The average molecular weight is 271 g/mol. The molecule has 3 rings (SSSR count). The van der Waals surface area contributed by atoms with Crippen LogP contribution in [0.15, 0.2) is 30.9 Å². The van der Waals surface area contributed by atoms with E-state index in [2.05, 4.69) is 26.4 Å². The van der Waals surface area contributed by atoms with Crippen LogP contribution in [0.3, 0.4) is 0 Å². The van der Waals surface area contributed by atoms with Gasteiger partial charge in [-0.25, -0.2) is 9.97 Å².